The van der Waals surface area contributed by atoms with Gasteiger partial charge in [0, 0.05) is 15.6 Å². The molecule has 0 aliphatic rings. The van der Waals surface area contributed by atoms with Crippen LogP contribution in [0.3, 0.4) is 0 Å². The highest BCUT2D eigenvalue weighted by molar-refractivity contribution is 6.36. The second-order valence-corrected chi connectivity index (χ2v) is 3.51. The molecule has 0 amide bonds. The Hall–Kier alpha value is -0.770. The van der Waals surface area contributed by atoms with Gasteiger partial charge in [-0.3, -0.25) is 4.79 Å². The molecule has 0 heterocycles. The van der Waals surface area contributed by atoms with Gasteiger partial charge in [0.15, 0.2) is 0 Å². The smallest absolute Gasteiger partial charge is 0.325 e. The van der Waals surface area contributed by atoms with Crippen molar-refractivity contribution < 1.29 is 9.90 Å². The molecule has 1 aromatic rings. The van der Waals surface area contributed by atoms with Crippen LogP contribution in [-0.4, -0.2) is 18.1 Å². The molecule has 5 heteroatoms. The first-order valence-electron chi connectivity index (χ1n) is 3.92. The minimum atomic E-state index is -1.01. The zero-order chi connectivity index (χ0) is 10.7. The van der Waals surface area contributed by atoms with E-state index in [1.807, 2.05) is 0 Å². The van der Waals surface area contributed by atoms with E-state index in [4.69, 9.17) is 28.3 Å². The van der Waals surface area contributed by atoms with E-state index in [0.717, 1.165) is 0 Å². The van der Waals surface area contributed by atoms with Crippen molar-refractivity contribution in [3.8, 4) is 0 Å². The van der Waals surface area contributed by atoms with Gasteiger partial charge in [-0.25, -0.2) is 0 Å². The first-order valence-corrected chi connectivity index (χ1v) is 4.67. The molecule has 1 atom stereocenters. The number of hydrogen-bond donors (Lipinski definition) is 2. The number of likely N-dealkylation sites (N-methyl/N-ethyl adjacent to an activating group) is 1. The van der Waals surface area contributed by atoms with Gasteiger partial charge in [0.25, 0.3) is 0 Å². The first kappa shape index (κ1) is 11.3. The van der Waals surface area contributed by atoms with Crippen molar-refractivity contribution in [3.63, 3.8) is 0 Å². The number of aliphatic carboxylic acids is 1. The third-order valence-electron chi connectivity index (χ3n) is 1.82. The van der Waals surface area contributed by atoms with E-state index in [1.54, 1.807) is 25.2 Å². The lowest BCUT2D eigenvalue weighted by Crippen LogP contribution is -2.25. The van der Waals surface area contributed by atoms with Gasteiger partial charge in [-0.2, -0.15) is 0 Å². The minimum absolute atomic E-state index is 0.347. The molecule has 1 aromatic carbocycles. The Bertz CT molecular complexity index is 334. The molecular weight excluding hydrogens is 225 g/mol. The number of carbonyl (C=O) groups is 1. The number of halogens is 2. The third kappa shape index (κ3) is 2.18. The summed E-state index contributed by atoms with van der Waals surface area (Å²) in [5.41, 5.74) is 0.394. The van der Waals surface area contributed by atoms with Crippen LogP contribution in [0.1, 0.15) is 11.6 Å². The lowest BCUT2D eigenvalue weighted by molar-refractivity contribution is -0.139. The SMILES string of the molecule is CN[C@@H](C(=O)O)c1c(Cl)cccc1Cl. The molecule has 0 aromatic heterocycles. The molecular formula is C9H9Cl2NO2. The minimum Gasteiger partial charge on any atom is -0.480 e. The molecule has 3 nitrogen and oxygen atoms in total. The standard InChI is InChI=1S/C9H9Cl2NO2/c1-12-8(9(13)14)7-5(10)3-2-4-6(7)11/h2-4,8,12H,1H3,(H,13,14)/t8-/m1/s1. The van der Waals surface area contributed by atoms with Gasteiger partial charge in [-0.15, -0.1) is 0 Å². The number of carboxylic acid groups (broad SMARTS) is 1. The van der Waals surface area contributed by atoms with Crippen LogP contribution in [0.2, 0.25) is 10.0 Å². The molecule has 0 fully saturated rings. The summed E-state index contributed by atoms with van der Waals surface area (Å²) in [5.74, 6) is -1.01. The molecule has 0 unspecified atom stereocenters. The molecule has 0 aliphatic carbocycles. The molecule has 0 bridgehead atoms. The van der Waals surface area contributed by atoms with Gasteiger partial charge in [0.2, 0.25) is 0 Å². The Labute approximate surface area is 91.6 Å². The van der Waals surface area contributed by atoms with Crippen LogP contribution >= 0.6 is 23.2 Å². The van der Waals surface area contributed by atoms with E-state index in [-0.39, 0.29) is 0 Å². The Morgan fingerprint density at radius 3 is 2.29 bits per heavy atom. The fraction of sp³-hybridized carbons (Fsp3) is 0.222. The number of hydrogen-bond acceptors (Lipinski definition) is 2. The molecule has 0 radical (unpaired) electrons. The molecule has 0 saturated carbocycles. The number of nitrogens with one attached hydrogen (secondary N) is 1. The van der Waals surface area contributed by atoms with Crippen LogP contribution in [0.4, 0.5) is 0 Å². The van der Waals surface area contributed by atoms with Crippen LogP contribution < -0.4 is 5.32 Å². The van der Waals surface area contributed by atoms with E-state index < -0.39 is 12.0 Å². The van der Waals surface area contributed by atoms with Crippen molar-refractivity contribution >= 4 is 29.2 Å². The predicted molar refractivity (Wildman–Crippen MR) is 55.9 cm³/mol. The zero-order valence-electron chi connectivity index (χ0n) is 7.42. The van der Waals surface area contributed by atoms with Gasteiger partial charge in [0.1, 0.15) is 6.04 Å². The topological polar surface area (TPSA) is 49.3 Å². The van der Waals surface area contributed by atoms with Crippen molar-refractivity contribution in [2.24, 2.45) is 0 Å². The summed E-state index contributed by atoms with van der Waals surface area (Å²) in [6.45, 7) is 0. The number of carboxylic acids is 1. The average molecular weight is 234 g/mol. The van der Waals surface area contributed by atoms with Gasteiger partial charge in [0.05, 0.1) is 0 Å². The summed E-state index contributed by atoms with van der Waals surface area (Å²) < 4.78 is 0. The summed E-state index contributed by atoms with van der Waals surface area (Å²) in [7, 11) is 1.54. The lowest BCUT2D eigenvalue weighted by Gasteiger charge is -2.14. The van der Waals surface area contributed by atoms with Gasteiger partial charge in [-0.1, -0.05) is 29.3 Å². The molecule has 0 spiro atoms. The molecule has 0 aliphatic heterocycles. The first-order chi connectivity index (χ1) is 6.57. The second kappa shape index (κ2) is 4.64. The summed E-state index contributed by atoms with van der Waals surface area (Å²) in [6, 6.07) is 4.01. The maximum atomic E-state index is 10.9. The summed E-state index contributed by atoms with van der Waals surface area (Å²) in [5, 5.41) is 12.2. The molecule has 76 valence electrons. The molecule has 0 saturated heterocycles. The van der Waals surface area contributed by atoms with Crippen LogP contribution in [0, 0.1) is 0 Å². The largest absolute Gasteiger partial charge is 0.480 e. The predicted octanol–water partition coefficient (Wildman–Crippen LogP) is 2.34. The Morgan fingerprint density at radius 1 is 1.43 bits per heavy atom. The van der Waals surface area contributed by atoms with Crippen molar-refractivity contribution in [2.75, 3.05) is 7.05 Å². The van der Waals surface area contributed by atoms with Gasteiger partial charge < -0.3 is 10.4 Å². The highest BCUT2D eigenvalue weighted by Crippen LogP contribution is 2.30. The quantitative estimate of drug-likeness (QED) is 0.843. The third-order valence-corrected chi connectivity index (χ3v) is 2.48. The summed E-state index contributed by atoms with van der Waals surface area (Å²) in [6.07, 6.45) is 0. The van der Waals surface area contributed by atoms with E-state index in [0.29, 0.717) is 15.6 Å². The van der Waals surface area contributed by atoms with Crippen molar-refractivity contribution in [1.82, 2.24) is 5.32 Å². The highest BCUT2D eigenvalue weighted by Gasteiger charge is 2.22. The normalized spacial score (nSPS) is 12.5. The number of benzene rings is 1. The molecule has 14 heavy (non-hydrogen) atoms. The number of rotatable bonds is 3. The molecule has 1 rings (SSSR count). The summed E-state index contributed by atoms with van der Waals surface area (Å²) >= 11 is 11.7. The lowest BCUT2D eigenvalue weighted by atomic mass is 10.1. The maximum absolute atomic E-state index is 10.9. The Kier molecular flexibility index (Phi) is 3.75. The fourth-order valence-electron chi connectivity index (χ4n) is 1.18. The fourth-order valence-corrected chi connectivity index (χ4v) is 1.79. The van der Waals surface area contributed by atoms with E-state index in [1.165, 1.54) is 0 Å². The van der Waals surface area contributed by atoms with Crippen molar-refractivity contribution in [1.29, 1.82) is 0 Å². The second-order valence-electron chi connectivity index (χ2n) is 2.70. The van der Waals surface area contributed by atoms with Crippen LogP contribution in [-0.2, 0) is 4.79 Å². The molecule has 2 N–H and O–H groups in total. The highest BCUT2D eigenvalue weighted by atomic mass is 35.5. The van der Waals surface area contributed by atoms with Gasteiger partial charge >= 0.3 is 5.97 Å². The van der Waals surface area contributed by atoms with E-state index in [2.05, 4.69) is 5.32 Å². The van der Waals surface area contributed by atoms with Gasteiger partial charge in [-0.05, 0) is 19.2 Å². The van der Waals surface area contributed by atoms with E-state index >= 15 is 0 Å². The monoisotopic (exact) mass is 233 g/mol. The van der Waals surface area contributed by atoms with Crippen molar-refractivity contribution in [2.45, 2.75) is 6.04 Å². The van der Waals surface area contributed by atoms with Crippen LogP contribution in [0.25, 0.3) is 0 Å². The van der Waals surface area contributed by atoms with Crippen molar-refractivity contribution in [3.05, 3.63) is 33.8 Å². The van der Waals surface area contributed by atoms with Crippen LogP contribution in [0.5, 0.6) is 0 Å². The zero-order valence-corrected chi connectivity index (χ0v) is 8.93. The van der Waals surface area contributed by atoms with E-state index in [9.17, 15) is 4.79 Å². The Morgan fingerprint density at radius 2 is 1.93 bits per heavy atom. The summed E-state index contributed by atoms with van der Waals surface area (Å²) in [4.78, 5) is 10.9. The van der Waals surface area contributed by atoms with Crippen LogP contribution in [0.15, 0.2) is 18.2 Å². The maximum Gasteiger partial charge on any atom is 0.325 e. The average Bonchev–Trinajstić information content (AvgIpc) is 2.10. The Balaban J connectivity index is 3.22.